The first-order chi connectivity index (χ1) is 11.6. The summed E-state index contributed by atoms with van der Waals surface area (Å²) >= 11 is 3.44. The molecule has 1 aliphatic rings. The van der Waals surface area contributed by atoms with Gasteiger partial charge in [0.15, 0.2) is 0 Å². The largest absolute Gasteiger partial charge is 0.376 e. The van der Waals surface area contributed by atoms with Crippen LogP contribution in [-0.4, -0.2) is 35.1 Å². The third-order valence-corrected chi connectivity index (χ3v) is 4.72. The lowest BCUT2D eigenvalue weighted by molar-refractivity contribution is 0.102. The highest BCUT2D eigenvalue weighted by molar-refractivity contribution is 9.10. The number of aryl methyl sites for hydroxylation is 1. The first-order valence-electron chi connectivity index (χ1n) is 7.87. The summed E-state index contributed by atoms with van der Waals surface area (Å²) in [6.45, 7) is 3.50. The molecular weight excluding hydrogens is 372 g/mol. The smallest absolute Gasteiger partial charge is 0.275 e. The van der Waals surface area contributed by atoms with Crippen LogP contribution in [0.5, 0.6) is 0 Å². The Hall–Kier alpha value is -1.99. The molecule has 1 fully saturated rings. The van der Waals surface area contributed by atoms with E-state index in [0.717, 1.165) is 35.2 Å². The van der Waals surface area contributed by atoms with Crippen molar-refractivity contribution >= 4 is 33.3 Å². The average molecular weight is 391 g/mol. The first kappa shape index (κ1) is 16.9. The topological polar surface area (TPSA) is 76.1 Å². The van der Waals surface area contributed by atoms with Crippen LogP contribution in [-0.2, 0) is 4.74 Å². The van der Waals surface area contributed by atoms with Crippen molar-refractivity contribution in [3.8, 4) is 0 Å². The summed E-state index contributed by atoms with van der Waals surface area (Å²) in [5.74, 6) is 0.358. The highest BCUT2D eigenvalue weighted by atomic mass is 79.9. The summed E-state index contributed by atoms with van der Waals surface area (Å²) in [4.78, 5) is 20.6. The van der Waals surface area contributed by atoms with Crippen molar-refractivity contribution in [2.75, 3.05) is 23.8 Å². The molecular formula is C17H19BrN4O2. The Bertz CT molecular complexity index is 715. The summed E-state index contributed by atoms with van der Waals surface area (Å²) in [5, 5.41) is 6.00. The van der Waals surface area contributed by atoms with E-state index in [2.05, 4.69) is 36.5 Å². The minimum Gasteiger partial charge on any atom is -0.376 e. The number of ether oxygens (including phenoxy) is 1. The maximum absolute atomic E-state index is 12.2. The second kappa shape index (κ2) is 7.72. The molecule has 2 aromatic rings. The second-order valence-corrected chi connectivity index (χ2v) is 6.58. The lowest BCUT2D eigenvalue weighted by Crippen LogP contribution is -2.19. The number of hydrogen-bond acceptors (Lipinski definition) is 5. The number of carbonyl (C=O) groups is 1. The van der Waals surface area contributed by atoms with Crippen LogP contribution in [0.15, 0.2) is 35.1 Å². The zero-order valence-corrected chi connectivity index (χ0v) is 15.0. The Morgan fingerprint density at radius 3 is 2.92 bits per heavy atom. The predicted molar refractivity (Wildman–Crippen MR) is 96.3 cm³/mol. The van der Waals surface area contributed by atoms with Crippen molar-refractivity contribution in [1.29, 1.82) is 0 Å². The summed E-state index contributed by atoms with van der Waals surface area (Å²) < 4.78 is 6.54. The second-order valence-electron chi connectivity index (χ2n) is 5.72. The molecule has 0 radical (unpaired) electrons. The molecule has 2 heterocycles. The third kappa shape index (κ3) is 4.30. The Morgan fingerprint density at radius 2 is 2.25 bits per heavy atom. The summed E-state index contributed by atoms with van der Waals surface area (Å²) in [6.07, 6.45) is 5.44. The van der Waals surface area contributed by atoms with E-state index < -0.39 is 0 Å². The van der Waals surface area contributed by atoms with Crippen molar-refractivity contribution in [1.82, 2.24) is 9.97 Å². The van der Waals surface area contributed by atoms with Crippen LogP contribution < -0.4 is 10.6 Å². The molecule has 6 nitrogen and oxygen atoms in total. The van der Waals surface area contributed by atoms with E-state index in [9.17, 15) is 4.79 Å². The molecule has 0 aliphatic carbocycles. The van der Waals surface area contributed by atoms with E-state index in [0.29, 0.717) is 12.4 Å². The van der Waals surface area contributed by atoms with Crippen LogP contribution in [0.25, 0.3) is 0 Å². The van der Waals surface area contributed by atoms with Crippen LogP contribution in [0, 0.1) is 6.92 Å². The molecule has 0 bridgehead atoms. The van der Waals surface area contributed by atoms with Gasteiger partial charge in [-0.25, -0.2) is 9.97 Å². The van der Waals surface area contributed by atoms with E-state index >= 15 is 0 Å². The van der Waals surface area contributed by atoms with Crippen molar-refractivity contribution in [3.05, 3.63) is 46.3 Å². The van der Waals surface area contributed by atoms with Gasteiger partial charge in [0, 0.05) is 23.3 Å². The molecule has 24 heavy (non-hydrogen) atoms. The number of halogens is 1. The van der Waals surface area contributed by atoms with Gasteiger partial charge in [-0.15, -0.1) is 0 Å². The molecule has 1 aromatic heterocycles. The van der Waals surface area contributed by atoms with E-state index in [4.69, 9.17) is 4.74 Å². The Balaban J connectivity index is 1.57. The summed E-state index contributed by atoms with van der Waals surface area (Å²) in [6, 6.07) is 5.63. The third-order valence-electron chi connectivity index (χ3n) is 3.84. The maximum atomic E-state index is 12.2. The van der Waals surface area contributed by atoms with Gasteiger partial charge >= 0.3 is 0 Å². The lowest BCUT2D eigenvalue weighted by Gasteiger charge is -2.11. The fourth-order valence-corrected chi connectivity index (χ4v) is 2.72. The molecule has 1 unspecified atom stereocenters. The molecule has 1 saturated heterocycles. The van der Waals surface area contributed by atoms with Gasteiger partial charge in [-0.3, -0.25) is 4.79 Å². The zero-order valence-electron chi connectivity index (χ0n) is 13.4. The number of amides is 1. The van der Waals surface area contributed by atoms with Crippen LogP contribution in [0.4, 0.5) is 11.5 Å². The van der Waals surface area contributed by atoms with Gasteiger partial charge in [0.25, 0.3) is 5.91 Å². The Labute approximate surface area is 149 Å². The minimum atomic E-state index is -0.283. The number of carbonyl (C=O) groups excluding carboxylic acids is 1. The molecule has 0 saturated carbocycles. The Morgan fingerprint density at radius 1 is 1.38 bits per heavy atom. The monoisotopic (exact) mass is 390 g/mol. The molecule has 1 amide bonds. The van der Waals surface area contributed by atoms with Crippen LogP contribution >= 0.6 is 15.9 Å². The number of nitrogens with one attached hydrogen (secondary N) is 2. The highest BCUT2D eigenvalue weighted by Gasteiger charge is 2.15. The van der Waals surface area contributed by atoms with Gasteiger partial charge in [0.1, 0.15) is 11.5 Å². The van der Waals surface area contributed by atoms with Gasteiger partial charge in [0.05, 0.1) is 18.5 Å². The number of nitrogens with zero attached hydrogens (tertiary/aromatic N) is 2. The van der Waals surface area contributed by atoms with E-state index in [1.54, 1.807) is 6.20 Å². The quantitative estimate of drug-likeness (QED) is 0.817. The van der Waals surface area contributed by atoms with Crippen LogP contribution in [0.3, 0.4) is 0 Å². The fourth-order valence-electron chi connectivity index (χ4n) is 2.48. The highest BCUT2D eigenvalue weighted by Crippen LogP contribution is 2.20. The Kier molecular flexibility index (Phi) is 5.42. The number of rotatable bonds is 5. The maximum Gasteiger partial charge on any atom is 0.275 e. The summed E-state index contributed by atoms with van der Waals surface area (Å²) in [5.41, 5.74) is 2.05. The zero-order chi connectivity index (χ0) is 16.9. The van der Waals surface area contributed by atoms with Crippen molar-refractivity contribution in [2.24, 2.45) is 0 Å². The van der Waals surface area contributed by atoms with Gasteiger partial charge in [0.2, 0.25) is 0 Å². The van der Waals surface area contributed by atoms with Crippen molar-refractivity contribution < 1.29 is 9.53 Å². The first-order valence-corrected chi connectivity index (χ1v) is 8.66. The van der Waals surface area contributed by atoms with Crippen LogP contribution in [0.2, 0.25) is 0 Å². The number of anilines is 2. The molecule has 0 spiro atoms. The number of aromatic nitrogens is 2. The van der Waals surface area contributed by atoms with Crippen molar-refractivity contribution in [2.45, 2.75) is 25.9 Å². The predicted octanol–water partition coefficient (Wildman–Crippen LogP) is 3.39. The fraction of sp³-hybridized carbons (Fsp3) is 0.353. The van der Waals surface area contributed by atoms with Gasteiger partial charge in [-0.1, -0.05) is 15.9 Å². The number of benzene rings is 1. The lowest BCUT2D eigenvalue weighted by atomic mass is 10.2. The van der Waals surface area contributed by atoms with Gasteiger partial charge in [-0.05, 0) is 43.5 Å². The molecule has 2 N–H and O–H groups in total. The molecule has 3 rings (SSSR count). The minimum absolute atomic E-state index is 0.232. The average Bonchev–Trinajstić information content (AvgIpc) is 3.10. The standard InChI is InChI=1S/C17H19BrN4O2/c1-11-7-12(4-5-14(11)18)22-17(23)15-9-21-16(10-19-15)20-8-13-3-2-6-24-13/h4-5,7,9-10,13H,2-3,6,8H2,1H3,(H,20,21)(H,22,23). The number of hydrogen-bond donors (Lipinski definition) is 2. The van der Waals surface area contributed by atoms with Gasteiger partial charge in [-0.2, -0.15) is 0 Å². The normalized spacial score (nSPS) is 16.8. The molecule has 1 aliphatic heterocycles. The van der Waals surface area contributed by atoms with Crippen LogP contribution in [0.1, 0.15) is 28.9 Å². The SMILES string of the molecule is Cc1cc(NC(=O)c2cnc(NCC3CCCO3)cn2)ccc1Br. The molecule has 126 valence electrons. The molecule has 1 aromatic carbocycles. The van der Waals surface area contributed by atoms with E-state index in [1.807, 2.05) is 25.1 Å². The summed E-state index contributed by atoms with van der Waals surface area (Å²) in [7, 11) is 0. The van der Waals surface area contributed by atoms with E-state index in [-0.39, 0.29) is 17.7 Å². The molecule has 1 atom stereocenters. The molecule has 7 heteroatoms. The van der Waals surface area contributed by atoms with E-state index in [1.165, 1.54) is 6.20 Å². The van der Waals surface area contributed by atoms with Gasteiger partial charge < -0.3 is 15.4 Å². The van der Waals surface area contributed by atoms with Crippen molar-refractivity contribution in [3.63, 3.8) is 0 Å².